The van der Waals surface area contributed by atoms with Crippen LogP contribution in [0.2, 0.25) is 0 Å². The van der Waals surface area contributed by atoms with E-state index in [2.05, 4.69) is 22.5 Å². The molecule has 2 heterocycles. The molecule has 0 radical (unpaired) electrons. The highest BCUT2D eigenvalue weighted by molar-refractivity contribution is 6.02. The van der Waals surface area contributed by atoms with E-state index in [1.165, 1.54) is 96.5 Å². The third-order valence-corrected chi connectivity index (χ3v) is 11.7. The maximum absolute atomic E-state index is 13.7. The Labute approximate surface area is 369 Å². The number of hydrogen-bond donors (Lipinski definition) is 5. The van der Waals surface area contributed by atoms with Crippen molar-refractivity contribution in [2.45, 2.75) is 205 Å². The van der Waals surface area contributed by atoms with Crippen LogP contribution in [0.15, 0.2) is 29.3 Å². The second kappa shape index (κ2) is 29.2. The van der Waals surface area contributed by atoms with Crippen LogP contribution in [0.5, 0.6) is 5.75 Å². The molecule has 3 rings (SSSR count). The number of para-hydroxylation sites is 1. The van der Waals surface area contributed by atoms with Gasteiger partial charge in [-0.05, 0) is 70.9 Å². The number of benzene rings is 1. The average molecular weight is 872 g/mol. The van der Waals surface area contributed by atoms with Crippen molar-refractivity contribution < 1.29 is 49.0 Å². The molecule has 0 bridgehead atoms. The molecule has 350 valence electrons. The summed E-state index contributed by atoms with van der Waals surface area (Å²) in [5.74, 6) is -2.89. The van der Waals surface area contributed by atoms with Gasteiger partial charge in [0.1, 0.15) is 30.5 Å². The first-order valence-corrected chi connectivity index (χ1v) is 23.7. The van der Waals surface area contributed by atoms with Gasteiger partial charge in [0.25, 0.3) is 11.8 Å². The number of carbonyl (C=O) groups is 5. The number of nitrogens with zero attached hydrogens (tertiary/aromatic N) is 3. The average Bonchev–Trinajstić information content (AvgIpc) is 3.58. The number of phenols is 1. The lowest BCUT2D eigenvalue weighted by Crippen LogP contribution is -2.52. The van der Waals surface area contributed by atoms with Crippen LogP contribution in [0.4, 0.5) is 0 Å². The zero-order valence-electron chi connectivity index (χ0n) is 37.9. The number of phenolic OH excluding ortho intramolecular Hbond substituents is 1. The van der Waals surface area contributed by atoms with Crippen molar-refractivity contribution in [2.75, 3.05) is 19.7 Å². The number of unbranched alkanes of at least 4 members (excludes halogenated alkanes) is 17. The van der Waals surface area contributed by atoms with E-state index in [0.29, 0.717) is 49.2 Å². The minimum absolute atomic E-state index is 0.0506. The lowest BCUT2D eigenvalue weighted by molar-refractivity contribution is -0.167. The Morgan fingerprint density at radius 3 is 2.11 bits per heavy atom. The van der Waals surface area contributed by atoms with Gasteiger partial charge < -0.3 is 25.2 Å². The highest BCUT2D eigenvalue weighted by Crippen LogP contribution is 2.27. The van der Waals surface area contributed by atoms with E-state index in [1.54, 1.807) is 25.1 Å². The van der Waals surface area contributed by atoms with Crippen LogP contribution in [0.3, 0.4) is 0 Å². The smallest absolute Gasteiger partial charge is 0.328 e. The molecule has 4 amide bonds. The molecule has 1 aromatic carbocycles. The molecule has 15 nitrogen and oxygen atoms in total. The highest BCUT2D eigenvalue weighted by atomic mass is 16.5. The van der Waals surface area contributed by atoms with Gasteiger partial charge >= 0.3 is 5.97 Å². The van der Waals surface area contributed by atoms with Crippen molar-refractivity contribution in [3.05, 3.63) is 29.8 Å². The van der Waals surface area contributed by atoms with E-state index in [9.17, 15) is 39.5 Å². The summed E-state index contributed by atoms with van der Waals surface area (Å²) in [6, 6.07) is 4.37. The van der Waals surface area contributed by atoms with Gasteiger partial charge in [-0.15, -0.1) is 0 Å². The normalized spacial score (nSPS) is 18.6. The van der Waals surface area contributed by atoms with Crippen LogP contribution in [-0.4, -0.2) is 105 Å². The van der Waals surface area contributed by atoms with Crippen molar-refractivity contribution in [3.8, 4) is 5.75 Å². The van der Waals surface area contributed by atoms with E-state index in [4.69, 9.17) is 9.47 Å². The summed E-state index contributed by atoms with van der Waals surface area (Å²) in [6.45, 7) is 5.41. The quantitative estimate of drug-likeness (QED) is 0.0210. The molecule has 1 saturated heterocycles. The molecule has 2 aliphatic heterocycles. The summed E-state index contributed by atoms with van der Waals surface area (Å²) in [5.41, 5.74) is -1.12. The third-order valence-electron chi connectivity index (χ3n) is 11.7. The van der Waals surface area contributed by atoms with Gasteiger partial charge in [-0.2, -0.15) is 0 Å². The molecular weight excluding hydrogens is 795 g/mol. The second-order valence-electron chi connectivity index (χ2n) is 17.5. The van der Waals surface area contributed by atoms with Crippen LogP contribution in [0.25, 0.3) is 0 Å². The van der Waals surface area contributed by atoms with E-state index in [0.717, 1.165) is 24.3 Å². The van der Waals surface area contributed by atoms with E-state index in [-0.39, 0.29) is 56.5 Å². The molecule has 1 fully saturated rings. The summed E-state index contributed by atoms with van der Waals surface area (Å²) in [7, 11) is 0. The van der Waals surface area contributed by atoms with Crippen molar-refractivity contribution in [1.82, 2.24) is 20.8 Å². The van der Waals surface area contributed by atoms with Crippen LogP contribution >= 0.6 is 0 Å². The summed E-state index contributed by atoms with van der Waals surface area (Å²) < 4.78 is 11.3. The van der Waals surface area contributed by atoms with Gasteiger partial charge in [0.2, 0.25) is 17.7 Å². The van der Waals surface area contributed by atoms with Gasteiger partial charge in [-0.1, -0.05) is 122 Å². The zero-order chi connectivity index (χ0) is 45.2. The van der Waals surface area contributed by atoms with E-state index in [1.807, 2.05) is 0 Å². The predicted octanol–water partition coefficient (Wildman–Crippen LogP) is 8.05. The lowest BCUT2D eigenvalue weighted by atomic mass is 10.0. The molecule has 2 aliphatic rings. The first kappa shape index (κ1) is 52.1. The summed E-state index contributed by atoms with van der Waals surface area (Å²) in [6.07, 6.45) is 22.7. The van der Waals surface area contributed by atoms with Crippen LogP contribution < -0.4 is 10.6 Å². The minimum Gasteiger partial charge on any atom is -0.507 e. The van der Waals surface area contributed by atoms with E-state index >= 15 is 0 Å². The van der Waals surface area contributed by atoms with Crippen molar-refractivity contribution >= 4 is 35.5 Å². The molecule has 62 heavy (non-hydrogen) atoms. The molecule has 0 spiro atoms. The molecule has 0 aliphatic carbocycles. The fourth-order valence-corrected chi connectivity index (χ4v) is 7.83. The molecule has 5 N–H and O–H groups in total. The Kier molecular flexibility index (Phi) is 24.5. The summed E-state index contributed by atoms with van der Waals surface area (Å²) in [5, 5.41) is 37.3. The summed E-state index contributed by atoms with van der Waals surface area (Å²) in [4.78, 5) is 69.5. The van der Waals surface area contributed by atoms with Crippen LogP contribution in [0.1, 0.15) is 187 Å². The Balaban J connectivity index is 1.41. The summed E-state index contributed by atoms with van der Waals surface area (Å²) >= 11 is 0. The standard InChI is InChI=1S/C47H77N5O10/c1-4-5-6-7-8-9-10-11-12-13-14-15-16-17-18-19-20-31-42(55)51(59)32-25-24-29-39(49-46(58)47(3)35-61-43(50-47)37-27-21-22-30-40(37)53)45(57)62-36(2)34-41(54)48-38-28-23-26-33-52(60)44(38)56/h21-22,27,30,36,38-39,53,59-60H,4-20,23-26,28-29,31-35H2,1-3H3,(H,48,54)(H,49,58). The molecular formula is C47H77N5O10. The number of aliphatic imine (C=N–C) groups is 1. The Hall–Kier alpha value is -4.24. The molecule has 0 aromatic heterocycles. The van der Waals surface area contributed by atoms with Crippen molar-refractivity contribution in [1.29, 1.82) is 0 Å². The van der Waals surface area contributed by atoms with Gasteiger partial charge in [-0.25, -0.2) is 19.9 Å². The number of hydrogen-bond acceptors (Lipinski definition) is 11. The van der Waals surface area contributed by atoms with E-state index < -0.39 is 47.4 Å². The van der Waals surface area contributed by atoms with Crippen LogP contribution in [0, 0.1) is 0 Å². The topological polar surface area (TPSA) is 207 Å². The molecule has 4 atom stereocenters. The molecule has 1 aromatic rings. The largest absolute Gasteiger partial charge is 0.507 e. The third kappa shape index (κ3) is 19.4. The first-order valence-electron chi connectivity index (χ1n) is 23.7. The van der Waals surface area contributed by atoms with Gasteiger partial charge in [0.05, 0.1) is 12.0 Å². The van der Waals surface area contributed by atoms with Gasteiger partial charge in [-0.3, -0.25) is 29.6 Å². The molecule has 15 heteroatoms. The number of carbonyl (C=O) groups excluding carboxylic acids is 5. The van der Waals surface area contributed by atoms with Gasteiger partial charge in [0.15, 0.2) is 5.54 Å². The highest BCUT2D eigenvalue weighted by Gasteiger charge is 2.42. The number of ether oxygens (including phenoxy) is 2. The van der Waals surface area contributed by atoms with Gasteiger partial charge in [0, 0.05) is 19.5 Å². The monoisotopic (exact) mass is 872 g/mol. The maximum Gasteiger partial charge on any atom is 0.328 e. The zero-order valence-corrected chi connectivity index (χ0v) is 37.9. The Morgan fingerprint density at radius 2 is 1.50 bits per heavy atom. The number of esters is 1. The number of amides is 4. The fourth-order valence-electron chi connectivity index (χ4n) is 7.83. The first-order chi connectivity index (χ1) is 29.8. The SMILES string of the molecule is CCCCCCCCCCCCCCCCCCCC(=O)N(O)CCCCC(NC(=O)C1(C)COC(c2ccccc2O)=N1)C(=O)OC(C)CC(=O)NC1CCCCN(O)C1=O. The number of nitrogens with one attached hydrogen (secondary N) is 2. The number of rotatable bonds is 31. The van der Waals surface area contributed by atoms with Crippen molar-refractivity contribution in [3.63, 3.8) is 0 Å². The Morgan fingerprint density at radius 1 is 0.903 bits per heavy atom. The molecule has 4 unspecified atom stereocenters. The van der Waals surface area contributed by atoms with Crippen molar-refractivity contribution in [2.24, 2.45) is 4.99 Å². The Bertz CT molecular complexity index is 1560. The number of aromatic hydroxyl groups is 1. The maximum atomic E-state index is 13.7. The van der Waals surface area contributed by atoms with Crippen LogP contribution in [-0.2, 0) is 33.4 Å². The predicted molar refractivity (Wildman–Crippen MR) is 237 cm³/mol. The number of hydroxylamine groups is 4. The molecule has 0 saturated carbocycles. The fraction of sp³-hybridized carbons (Fsp3) is 0.745. The lowest BCUT2D eigenvalue weighted by Gasteiger charge is -2.25. The second-order valence-corrected chi connectivity index (χ2v) is 17.5. The minimum atomic E-state index is -1.44.